The number of carbonyl (C=O) groups excluding carboxylic acids is 1. The van der Waals surface area contributed by atoms with Crippen LogP contribution in [0, 0.1) is 5.92 Å². The van der Waals surface area contributed by atoms with Crippen LogP contribution >= 0.6 is 11.6 Å². The summed E-state index contributed by atoms with van der Waals surface area (Å²) in [7, 11) is 1.66. The molecule has 0 aromatic rings. The number of hydrogen-bond donors (Lipinski definition) is 2. The van der Waals surface area contributed by atoms with E-state index >= 15 is 0 Å². The lowest BCUT2D eigenvalue weighted by Crippen LogP contribution is -2.41. The van der Waals surface area contributed by atoms with Crippen LogP contribution in [0.4, 0.5) is 4.39 Å². The first-order valence-electron chi connectivity index (χ1n) is 13.5. The molecule has 0 spiro atoms. The number of rotatable bonds is 9. The number of likely N-dealkylation sites (tertiary alicyclic amines) is 1. The molecule has 2 aliphatic heterocycles. The van der Waals surface area contributed by atoms with Crippen molar-refractivity contribution in [2.24, 2.45) is 21.6 Å². The van der Waals surface area contributed by atoms with Crippen LogP contribution in [-0.4, -0.2) is 73.9 Å². The van der Waals surface area contributed by atoms with Crippen LogP contribution < -0.4 is 11.1 Å². The molecular formula is C29H41ClFN5O3. The fourth-order valence-corrected chi connectivity index (χ4v) is 4.98. The van der Waals surface area contributed by atoms with E-state index in [2.05, 4.69) is 20.2 Å². The molecule has 0 aromatic carbocycles. The fraction of sp³-hybridized carbons (Fsp3) is 0.552. The van der Waals surface area contributed by atoms with Gasteiger partial charge >= 0.3 is 0 Å². The summed E-state index contributed by atoms with van der Waals surface area (Å²) in [4.78, 5) is 23.8. The zero-order chi connectivity index (χ0) is 28.4. The van der Waals surface area contributed by atoms with Crippen molar-refractivity contribution in [1.29, 1.82) is 0 Å². The number of nitrogens with two attached hydrogens (primary N) is 1. The zero-order valence-electron chi connectivity index (χ0n) is 23.3. The Morgan fingerprint density at radius 1 is 1.38 bits per heavy atom. The largest absolute Gasteiger partial charge is 0.472 e. The zero-order valence-corrected chi connectivity index (χ0v) is 24.1. The van der Waals surface area contributed by atoms with E-state index in [1.165, 1.54) is 0 Å². The SMILES string of the molecule is C\C=C/N=C(\C=C(/C)C1=C(F)[C@H](C)[C@@H](N)C=C1)O[C@@H]1CCN(/C(C=NC)=C(\CCl)C(=O)NC2CCCCO2)C1. The number of nitrogens with one attached hydrogen (secondary N) is 1. The molecule has 0 radical (unpaired) electrons. The van der Waals surface area contributed by atoms with Gasteiger partial charge in [0.25, 0.3) is 5.91 Å². The fourth-order valence-electron chi connectivity index (χ4n) is 4.72. The summed E-state index contributed by atoms with van der Waals surface area (Å²) < 4.78 is 26.9. The standard InChI is InChI=1S/C29H41ClFN5O3/c1-5-12-34-27(15-19(2)22-9-10-24(32)20(3)28(22)31)39-21-11-13-36(18-21)25(17-33-4)23(16-30)29(37)35-26-8-6-7-14-38-26/h5,9-10,12,15,17,20-21,24,26H,6-8,11,13-14,16,18,32H2,1-4H3,(H,35,37)/b12-5-,19-15+,25-23+,33-17?,34-27+/t20-,21-,24+,26?/m1/s1. The van der Waals surface area contributed by atoms with Gasteiger partial charge in [-0.2, -0.15) is 0 Å². The van der Waals surface area contributed by atoms with Crippen molar-refractivity contribution in [1.82, 2.24) is 10.2 Å². The Labute approximate surface area is 236 Å². The van der Waals surface area contributed by atoms with Crippen molar-refractivity contribution in [3.05, 3.63) is 58.7 Å². The molecule has 2 saturated heterocycles. The van der Waals surface area contributed by atoms with Crippen LogP contribution in [0.3, 0.4) is 0 Å². The van der Waals surface area contributed by atoms with Gasteiger partial charge < -0.3 is 25.4 Å². The lowest BCUT2D eigenvalue weighted by atomic mass is 9.89. The molecule has 1 amide bonds. The predicted molar refractivity (Wildman–Crippen MR) is 155 cm³/mol. The second-order valence-electron chi connectivity index (χ2n) is 9.95. The average Bonchev–Trinajstić information content (AvgIpc) is 3.39. The van der Waals surface area contributed by atoms with Gasteiger partial charge in [0.05, 0.1) is 23.7 Å². The van der Waals surface area contributed by atoms with Gasteiger partial charge in [-0.1, -0.05) is 25.2 Å². The summed E-state index contributed by atoms with van der Waals surface area (Å²) in [6.07, 6.45) is 13.4. The first-order valence-corrected chi connectivity index (χ1v) is 14.1. The number of hydrogen-bond acceptors (Lipinski definition) is 7. The Balaban J connectivity index is 1.76. The number of alkyl halides is 1. The highest BCUT2D eigenvalue weighted by atomic mass is 35.5. The maximum absolute atomic E-state index is 14.9. The third-order valence-electron chi connectivity index (χ3n) is 7.05. The quantitative estimate of drug-likeness (QED) is 0.186. The first kappa shape index (κ1) is 30.8. The summed E-state index contributed by atoms with van der Waals surface area (Å²) in [5.74, 6) is -0.468. The highest BCUT2D eigenvalue weighted by molar-refractivity contribution is 6.23. The van der Waals surface area contributed by atoms with Gasteiger partial charge in [0.2, 0.25) is 5.90 Å². The molecule has 3 N–H and O–H groups in total. The van der Waals surface area contributed by atoms with Gasteiger partial charge in [0.15, 0.2) is 0 Å². The van der Waals surface area contributed by atoms with Crippen LogP contribution in [0.25, 0.3) is 0 Å². The maximum Gasteiger partial charge on any atom is 0.252 e. The van der Waals surface area contributed by atoms with Crippen molar-refractivity contribution in [3.63, 3.8) is 0 Å². The average molecular weight is 562 g/mol. The number of amides is 1. The molecule has 1 unspecified atom stereocenters. The van der Waals surface area contributed by atoms with Gasteiger partial charge in [-0.15, -0.1) is 11.6 Å². The van der Waals surface area contributed by atoms with E-state index in [1.54, 1.807) is 44.6 Å². The van der Waals surface area contributed by atoms with Crippen molar-refractivity contribution < 1.29 is 18.7 Å². The highest BCUT2D eigenvalue weighted by Crippen LogP contribution is 2.30. The Morgan fingerprint density at radius 3 is 2.85 bits per heavy atom. The molecule has 3 rings (SSSR count). The van der Waals surface area contributed by atoms with E-state index in [-0.39, 0.29) is 36.0 Å². The Hall–Kier alpha value is -2.75. The van der Waals surface area contributed by atoms with Crippen molar-refractivity contribution in [2.75, 3.05) is 32.6 Å². The topological polar surface area (TPSA) is 102 Å². The summed E-state index contributed by atoms with van der Waals surface area (Å²) in [5, 5.41) is 2.96. The molecule has 0 saturated carbocycles. The number of carbonyl (C=O) groups is 1. The van der Waals surface area contributed by atoms with E-state index in [0.717, 1.165) is 19.3 Å². The van der Waals surface area contributed by atoms with Crippen molar-refractivity contribution >= 4 is 29.6 Å². The second-order valence-corrected chi connectivity index (χ2v) is 10.2. The monoisotopic (exact) mass is 561 g/mol. The second kappa shape index (κ2) is 15.1. The normalized spacial score (nSPS) is 27.5. The number of ether oxygens (including phenoxy) is 2. The molecule has 214 valence electrons. The Morgan fingerprint density at radius 2 is 2.18 bits per heavy atom. The van der Waals surface area contributed by atoms with E-state index in [9.17, 15) is 9.18 Å². The van der Waals surface area contributed by atoms with E-state index in [1.807, 2.05) is 19.9 Å². The summed E-state index contributed by atoms with van der Waals surface area (Å²) >= 11 is 6.27. The number of nitrogens with zero attached hydrogens (tertiary/aromatic N) is 3. The minimum absolute atomic E-state index is 0.0359. The minimum atomic E-state index is -0.392. The molecule has 0 bridgehead atoms. The molecule has 8 nitrogen and oxygen atoms in total. The van der Waals surface area contributed by atoms with Gasteiger partial charge in [-0.3, -0.25) is 9.79 Å². The molecule has 39 heavy (non-hydrogen) atoms. The van der Waals surface area contributed by atoms with Gasteiger partial charge in [-0.05, 0) is 38.7 Å². The van der Waals surface area contributed by atoms with Gasteiger partial charge in [-0.25, -0.2) is 9.38 Å². The van der Waals surface area contributed by atoms with Gasteiger partial charge in [0, 0.05) is 62.6 Å². The van der Waals surface area contributed by atoms with Crippen LogP contribution in [0.5, 0.6) is 0 Å². The Bertz CT molecular complexity index is 1090. The van der Waals surface area contributed by atoms with Crippen molar-refractivity contribution in [2.45, 2.75) is 64.8 Å². The Kier molecular flexibility index (Phi) is 12.0. The number of aliphatic imine (C=N–C) groups is 2. The first-order chi connectivity index (χ1) is 18.8. The molecule has 10 heteroatoms. The summed E-state index contributed by atoms with van der Waals surface area (Å²) in [6, 6.07) is -0.345. The number of allylic oxidation sites excluding steroid dienone is 5. The van der Waals surface area contributed by atoms with Crippen LogP contribution in [0.15, 0.2) is 68.7 Å². The lowest BCUT2D eigenvalue weighted by molar-refractivity contribution is -0.123. The van der Waals surface area contributed by atoms with Crippen molar-refractivity contribution in [3.8, 4) is 0 Å². The summed E-state index contributed by atoms with van der Waals surface area (Å²) in [5.41, 5.74) is 8.27. The third kappa shape index (κ3) is 8.37. The van der Waals surface area contributed by atoms with Crippen LogP contribution in [0.2, 0.25) is 0 Å². The van der Waals surface area contributed by atoms with Crippen LogP contribution in [-0.2, 0) is 14.3 Å². The molecule has 1 aliphatic carbocycles. The maximum atomic E-state index is 14.9. The van der Waals surface area contributed by atoms with Crippen LogP contribution in [0.1, 0.15) is 46.5 Å². The molecule has 2 heterocycles. The lowest BCUT2D eigenvalue weighted by Gasteiger charge is -2.26. The molecule has 4 atom stereocenters. The van der Waals surface area contributed by atoms with E-state index in [0.29, 0.717) is 54.4 Å². The smallest absolute Gasteiger partial charge is 0.252 e. The molecular weight excluding hydrogens is 521 g/mol. The molecule has 3 aliphatic rings. The molecule has 2 fully saturated rings. The van der Waals surface area contributed by atoms with Gasteiger partial charge in [0.1, 0.15) is 18.2 Å². The number of halogens is 2. The minimum Gasteiger partial charge on any atom is -0.472 e. The summed E-state index contributed by atoms with van der Waals surface area (Å²) in [6.45, 7) is 7.27. The molecule has 0 aromatic heterocycles. The highest BCUT2D eigenvalue weighted by Gasteiger charge is 2.30. The van der Waals surface area contributed by atoms with E-state index < -0.39 is 5.92 Å². The van der Waals surface area contributed by atoms with E-state index in [4.69, 9.17) is 26.8 Å². The predicted octanol–water partition coefficient (Wildman–Crippen LogP) is 4.55. The third-order valence-corrected chi connectivity index (χ3v) is 7.32.